The quantitative estimate of drug-likeness (QED) is 0.270. The number of nitrogens with zero attached hydrogens (tertiary/aromatic N) is 3. The van der Waals surface area contributed by atoms with Gasteiger partial charge in [0.2, 0.25) is 5.91 Å². The number of thioether (sulfide) groups is 1. The number of nitrogens with one attached hydrogen (secondary N) is 2. The molecule has 1 fully saturated rings. The van der Waals surface area contributed by atoms with Crippen LogP contribution in [0.3, 0.4) is 0 Å². The topological polar surface area (TPSA) is 62.6 Å². The molecule has 0 aliphatic carbocycles. The number of halogens is 1. The molecule has 146 valence electrons. The molecule has 0 aromatic carbocycles. The fourth-order valence-corrected chi connectivity index (χ4v) is 3.89. The highest BCUT2D eigenvalue weighted by atomic mass is 35.5. The third kappa shape index (κ3) is 7.29. The van der Waals surface area contributed by atoms with Gasteiger partial charge in [0.05, 0.1) is 38.5 Å². The summed E-state index contributed by atoms with van der Waals surface area (Å²) < 4.78 is 0. The van der Waals surface area contributed by atoms with Crippen molar-refractivity contribution in [2.45, 2.75) is 44.7 Å². The number of rotatable bonds is 10. The van der Waals surface area contributed by atoms with Crippen LogP contribution in [0.15, 0.2) is 11.2 Å². The molecule has 1 aliphatic heterocycles. The molecule has 0 bridgehead atoms. The minimum Gasteiger partial charge on any atom is -0.355 e. The van der Waals surface area contributed by atoms with Crippen LogP contribution in [0.1, 0.15) is 39.5 Å². The summed E-state index contributed by atoms with van der Waals surface area (Å²) in [5.74, 6) is 1.21. The summed E-state index contributed by atoms with van der Waals surface area (Å²) in [4.78, 5) is 24.7. The van der Waals surface area contributed by atoms with Crippen molar-refractivity contribution in [3.8, 4) is 0 Å². The zero-order chi connectivity index (χ0) is 18.8. The summed E-state index contributed by atoms with van der Waals surface area (Å²) in [6.45, 7) is 10.5. The first-order valence-electron chi connectivity index (χ1n) is 9.65. The molecule has 0 atom stereocenters. The predicted octanol–water partition coefficient (Wildman–Crippen LogP) is 1.64. The highest BCUT2D eigenvalue weighted by Crippen LogP contribution is 2.21. The monoisotopic (exact) mass is 400 g/mol. The number of quaternary nitrogens is 1. The van der Waals surface area contributed by atoms with E-state index in [1.165, 1.54) is 24.6 Å². The molecule has 1 aliphatic rings. The van der Waals surface area contributed by atoms with Gasteiger partial charge >= 0.3 is 0 Å². The Balaban J connectivity index is 1.80. The fraction of sp³-hybridized carbons (Fsp3) is 0.722. The zero-order valence-corrected chi connectivity index (χ0v) is 17.5. The summed E-state index contributed by atoms with van der Waals surface area (Å²) >= 11 is 7.52. The van der Waals surface area contributed by atoms with Crippen molar-refractivity contribution >= 4 is 35.1 Å². The van der Waals surface area contributed by atoms with Crippen molar-refractivity contribution in [1.82, 2.24) is 15.3 Å². The van der Waals surface area contributed by atoms with Crippen LogP contribution >= 0.6 is 23.4 Å². The minimum absolute atomic E-state index is 0.0248. The Hall–Kier alpha value is -1.05. The largest absolute Gasteiger partial charge is 0.355 e. The number of carbonyl (C=O) groups excluding carboxylic acids is 1. The van der Waals surface area contributed by atoms with Gasteiger partial charge in [-0.15, -0.1) is 0 Å². The van der Waals surface area contributed by atoms with E-state index in [9.17, 15) is 4.79 Å². The maximum absolute atomic E-state index is 12.0. The number of likely N-dealkylation sites (N-methyl/N-ethyl adjacent to an activating group) is 1. The molecule has 0 spiro atoms. The Morgan fingerprint density at radius 2 is 2.04 bits per heavy atom. The molecule has 1 amide bonds. The lowest BCUT2D eigenvalue weighted by atomic mass is 10.2. The Bertz CT molecular complexity index is 567. The summed E-state index contributed by atoms with van der Waals surface area (Å²) in [6, 6.07) is 1.82. The molecule has 2 rings (SSSR count). The van der Waals surface area contributed by atoms with E-state index in [0.717, 1.165) is 57.9 Å². The normalized spacial score (nSPS) is 15.3. The Kier molecular flexibility index (Phi) is 9.50. The van der Waals surface area contributed by atoms with Crippen LogP contribution in [-0.2, 0) is 4.79 Å². The average molecular weight is 401 g/mol. The van der Waals surface area contributed by atoms with Gasteiger partial charge in [0.15, 0.2) is 5.16 Å². The van der Waals surface area contributed by atoms with Crippen molar-refractivity contribution in [1.29, 1.82) is 0 Å². The van der Waals surface area contributed by atoms with Crippen LogP contribution in [0.2, 0.25) is 5.15 Å². The second-order valence-corrected chi connectivity index (χ2v) is 7.95. The van der Waals surface area contributed by atoms with E-state index in [4.69, 9.17) is 11.6 Å². The molecule has 1 aromatic rings. The van der Waals surface area contributed by atoms with E-state index in [1.54, 1.807) is 4.90 Å². The zero-order valence-electron chi connectivity index (χ0n) is 15.9. The summed E-state index contributed by atoms with van der Waals surface area (Å²) in [5.41, 5.74) is 0. The van der Waals surface area contributed by atoms with E-state index in [-0.39, 0.29) is 5.91 Å². The number of hydrogen-bond acceptors (Lipinski definition) is 5. The van der Waals surface area contributed by atoms with E-state index >= 15 is 0 Å². The van der Waals surface area contributed by atoms with Crippen LogP contribution in [0.4, 0.5) is 5.82 Å². The van der Waals surface area contributed by atoms with Crippen molar-refractivity contribution in [3.63, 3.8) is 0 Å². The number of carbonyl (C=O) groups is 1. The molecule has 0 radical (unpaired) electrons. The van der Waals surface area contributed by atoms with Gasteiger partial charge < -0.3 is 15.1 Å². The number of hydrogen-bond donors (Lipinski definition) is 2. The summed E-state index contributed by atoms with van der Waals surface area (Å²) in [7, 11) is 0. The number of unbranched alkanes of at least 4 members (excludes halogenated alkanes) is 3. The smallest absolute Gasteiger partial charge is 0.230 e. The molecule has 1 saturated heterocycles. The molecular weight excluding hydrogens is 370 g/mol. The maximum atomic E-state index is 12.0. The van der Waals surface area contributed by atoms with Crippen LogP contribution in [-0.4, -0.2) is 60.9 Å². The van der Waals surface area contributed by atoms with Gasteiger partial charge in [0, 0.05) is 12.6 Å². The lowest BCUT2D eigenvalue weighted by molar-refractivity contribution is -0.898. The van der Waals surface area contributed by atoms with Crippen molar-refractivity contribution in [2.24, 2.45) is 0 Å². The van der Waals surface area contributed by atoms with Crippen molar-refractivity contribution < 1.29 is 9.69 Å². The Labute approximate surface area is 166 Å². The molecule has 0 unspecified atom stereocenters. The van der Waals surface area contributed by atoms with E-state index in [0.29, 0.717) is 16.1 Å². The summed E-state index contributed by atoms with van der Waals surface area (Å²) in [6.07, 6.45) is 4.62. The van der Waals surface area contributed by atoms with Gasteiger partial charge in [-0.3, -0.25) is 4.79 Å². The SMILES string of the molecule is CCCCCCNC(=O)CSc1nc(Cl)cc(N2CC[NH+](CC)CC2)n1. The lowest BCUT2D eigenvalue weighted by Gasteiger charge is -2.32. The van der Waals surface area contributed by atoms with Crippen molar-refractivity contribution in [3.05, 3.63) is 11.2 Å². The molecule has 26 heavy (non-hydrogen) atoms. The molecule has 6 nitrogen and oxygen atoms in total. The third-order valence-electron chi connectivity index (χ3n) is 4.64. The fourth-order valence-electron chi connectivity index (χ4n) is 2.98. The molecular formula is C18H31ClN5OS+. The van der Waals surface area contributed by atoms with Crippen molar-refractivity contribution in [2.75, 3.05) is 49.9 Å². The van der Waals surface area contributed by atoms with Crippen LogP contribution in [0.25, 0.3) is 0 Å². The molecule has 8 heteroatoms. The van der Waals surface area contributed by atoms with Crippen LogP contribution in [0.5, 0.6) is 0 Å². The minimum atomic E-state index is 0.0248. The van der Waals surface area contributed by atoms with Gasteiger partial charge in [-0.2, -0.15) is 0 Å². The first-order chi connectivity index (χ1) is 12.6. The Morgan fingerprint density at radius 1 is 1.27 bits per heavy atom. The first kappa shape index (κ1) is 21.3. The van der Waals surface area contributed by atoms with E-state index in [2.05, 4.69) is 34.0 Å². The van der Waals surface area contributed by atoms with E-state index < -0.39 is 0 Å². The maximum Gasteiger partial charge on any atom is 0.230 e. The number of piperazine rings is 1. The Morgan fingerprint density at radius 3 is 2.73 bits per heavy atom. The summed E-state index contributed by atoms with van der Waals surface area (Å²) in [5, 5.41) is 3.96. The second kappa shape index (κ2) is 11.6. The van der Waals surface area contributed by atoms with Gasteiger partial charge in [0.1, 0.15) is 11.0 Å². The second-order valence-electron chi connectivity index (χ2n) is 6.62. The first-order valence-corrected chi connectivity index (χ1v) is 11.0. The predicted molar refractivity (Wildman–Crippen MR) is 108 cm³/mol. The number of aromatic nitrogens is 2. The molecule has 0 saturated carbocycles. The van der Waals surface area contributed by atoms with Gasteiger partial charge in [-0.25, -0.2) is 9.97 Å². The van der Waals surface area contributed by atoms with Crippen LogP contribution in [0, 0.1) is 0 Å². The standard InChI is InChI=1S/C18H30ClN5OS/c1-3-5-6-7-8-20-17(25)14-26-18-21-15(19)13-16(22-18)24-11-9-23(4-2)10-12-24/h13H,3-12,14H2,1-2H3,(H,20,25)/p+1. The third-order valence-corrected chi connectivity index (χ3v) is 5.68. The molecule has 1 aromatic heterocycles. The number of anilines is 1. The lowest BCUT2D eigenvalue weighted by Crippen LogP contribution is -3.14. The molecule has 2 heterocycles. The average Bonchev–Trinajstić information content (AvgIpc) is 2.66. The van der Waals surface area contributed by atoms with Gasteiger partial charge in [0.25, 0.3) is 0 Å². The highest BCUT2D eigenvalue weighted by molar-refractivity contribution is 7.99. The highest BCUT2D eigenvalue weighted by Gasteiger charge is 2.20. The van der Waals surface area contributed by atoms with Gasteiger partial charge in [-0.1, -0.05) is 49.5 Å². The van der Waals surface area contributed by atoms with Gasteiger partial charge in [-0.05, 0) is 13.3 Å². The van der Waals surface area contributed by atoms with Crippen LogP contribution < -0.4 is 15.1 Å². The number of amides is 1. The van der Waals surface area contributed by atoms with E-state index in [1.807, 2.05) is 6.07 Å². The molecule has 2 N–H and O–H groups in total.